The SMILES string of the molecule is CSCCNc1cc(NC(=O)N2CCC(F)(F)c3cc(CN4CCN(C)CC4=O)c(C=O)nc32)ncc1C#N. The third-order valence-electron chi connectivity index (χ3n) is 6.52. The number of anilines is 3. The van der Waals surface area contributed by atoms with Crippen LogP contribution >= 0.6 is 11.8 Å². The number of hydrogen-bond donors (Lipinski definition) is 2. The van der Waals surface area contributed by atoms with E-state index < -0.39 is 23.9 Å². The Morgan fingerprint density at radius 3 is 2.79 bits per heavy atom. The number of piperazine rings is 1. The molecule has 4 heterocycles. The van der Waals surface area contributed by atoms with E-state index in [1.54, 1.807) is 11.8 Å². The summed E-state index contributed by atoms with van der Waals surface area (Å²) in [4.78, 5) is 50.2. The zero-order chi connectivity index (χ0) is 28.2. The molecule has 0 aromatic carbocycles. The predicted molar refractivity (Wildman–Crippen MR) is 143 cm³/mol. The first kappa shape index (κ1) is 28.2. The van der Waals surface area contributed by atoms with Gasteiger partial charge in [0.2, 0.25) is 5.91 Å². The lowest BCUT2D eigenvalue weighted by Crippen LogP contribution is -2.48. The Balaban J connectivity index is 1.61. The lowest BCUT2D eigenvalue weighted by Gasteiger charge is -2.35. The Hall–Kier alpha value is -3.83. The van der Waals surface area contributed by atoms with Gasteiger partial charge in [-0.05, 0) is 19.4 Å². The highest BCUT2D eigenvalue weighted by atomic mass is 32.2. The number of nitrogens with zero attached hydrogens (tertiary/aromatic N) is 6. The molecule has 14 heteroatoms. The summed E-state index contributed by atoms with van der Waals surface area (Å²) in [6.45, 7) is 1.40. The molecule has 1 fully saturated rings. The Kier molecular flexibility index (Phi) is 8.61. The van der Waals surface area contributed by atoms with Gasteiger partial charge in [-0.3, -0.25) is 24.7 Å². The van der Waals surface area contributed by atoms with Crippen LogP contribution in [0, 0.1) is 11.3 Å². The number of likely N-dealkylation sites (N-methyl/N-ethyl adjacent to an activating group) is 1. The van der Waals surface area contributed by atoms with Crippen LogP contribution in [0.25, 0.3) is 0 Å². The number of aldehydes is 1. The summed E-state index contributed by atoms with van der Waals surface area (Å²) < 4.78 is 30.1. The summed E-state index contributed by atoms with van der Waals surface area (Å²) in [7, 11) is 1.81. The van der Waals surface area contributed by atoms with E-state index in [4.69, 9.17) is 0 Å². The monoisotopic (exact) mass is 558 g/mol. The van der Waals surface area contributed by atoms with Gasteiger partial charge in [0, 0.05) is 62.7 Å². The highest BCUT2D eigenvalue weighted by Gasteiger charge is 2.43. The first-order chi connectivity index (χ1) is 18.7. The van der Waals surface area contributed by atoms with Crippen molar-refractivity contribution >= 4 is 47.3 Å². The molecule has 3 amide bonds. The number of alkyl halides is 2. The molecule has 2 aromatic heterocycles. The average molecular weight is 559 g/mol. The fourth-order valence-corrected chi connectivity index (χ4v) is 4.68. The maximum absolute atomic E-state index is 15.0. The number of carbonyl (C=O) groups excluding carboxylic acids is 3. The fraction of sp³-hybridized carbons (Fsp3) is 0.440. The second-order valence-corrected chi connectivity index (χ2v) is 10.2. The second-order valence-electron chi connectivity index (χ2n) is 9.26. The number of halogens is 2. The van der Waals surface area contributed by atoms with E-state index in [-0.39, 0.29) is 48.4 Å². The number of carbonyl (C=O) groups is 3. The van der Waals surface area contributed by atoms with Crippen molar-refractivity contribution in [3.63, 3.8) is 0 Å². The number of urea groups is 1. The van der Waals surface area contributed by atoms with Crippen molar-refractivity contribution in [3.05, 3.63) is 40.7 Å². The van der Waals surface area contributed by atoms with Crippen molar-refractivity contribution < 1.29 is 23.2 Å². The van der Waals surface area contributed by atoms with Crippen molar-refractivity contribution in [2.75, 3.05) is 67.3 Å². The maximum atomic E-state index is 15.0. The average Bonchev–Trinajstić information content (AvgIpc) is 2.90. The number of aromatic nitrogens is 2. The Morgan fingerprint density at radius 1 is 1.31 bits per heavy atom. The van der Waals surface area contributed by atoms with Crippen LogP contribution in [0.4, 0.5) is 30.9 Å². The summed E-state index contributed by atoms with van der Waals surface area (Å²) in [6.07, 6.45) is 3.05. The van der Waals surface area contributed by atoms with E-state index in [0.29, 0.717) is 37.2 Å². The molecule has 2 aliphatic heterocycles. The standard InChI is InChI=1S/C25H28F2N8O3S/c1-33-6-7-34(22(37)14-33)13-16-9-18-23(31-20(16)15-36)35(5-3-25(18,26)27)24(38)32-21-10-19(29-4-8-39-2)17(11-28)12-30-21/h9-10,12,15H,3-8,13-14H2,1-2H3,(H2,29,30,32,38). The molecule has 0 bridgehead atoms. The first-order valence-corrected chi connectivity index (χ1v) is 13.6. The molecule has 0 atom stereocenters. The molecule has 0 spiro atoms. The molecule has 4 rings (SSSR count). The summed E-state index contributed by atoms with van der Waals surface area (Å²) in [5.74, 6) is -2.88. The molecule has 39 heavy (non-hydrogen) atoms. The van der Waals surface area contributed by atoms with Gasteiger partial charge in [0.1, 0.15) is 23.4 Å². The van der Waals surface area contributed by atoms with Gasteiger partial charge in [0.25, 0.3) is 5.92 Å². The van der Waals surface area contributed by atoms with Crippen LogP contribution in [0.1, 0.15) is 33.6 Å². The minimum Gasteiger partial charge on any atom is -0.383 e. The third-order valence-corrected chi connectivity index (χ3v) is 7.13. The number of amides is 3. The van der Waals surface area contributed by atoms with E-state index >= 15 is 8.78 Å². The van der Waals surface area contributed by atoms with Crippen molar-refractivity contribution in [2.45, 2.75) is 18.9 Å². The van der Waals surface area contributed by atoms with Crippen LogP contribution in [0.3, 0.4) is 0 Å². The lowest BCUT2D eigenvalue weighted by atomic mass is 9.98. The Morgan fingerprint density at radius 2 is 2.10 bits per heavy atom. The number of rotatable bonds is 8. The number of nitriles is 1. The molecule has 0 aliphatic carbocycles. The van der Waals surface area contributed by atoms with E-state index in [0.717, 1.165) is 10.7 Å². The van der Waals surface area contributed by atoms with Crippen molar-refractivity contribution in [2.24, 2.45) is 0 Å². The summed E-state index contributed by atoms with van der Waals surface area (Å²) >= 11 is 1.62. The minimum absolute atomic E-state index is 0.0369. The zero-order valence-electron chi connectivity index (χ0n) is 21.5. The van der Waals surface area contributed by atoms with Crippen LogP contribution in [0.15, 0.2) is 18.3 Å². The van der Waals surface area contributed by atoms with Gasteiger partial charge < -0.3 is 10.2 Å². The van der Waals surface area contributed by atoms with E-state index in [1.165, 1.54) is 23.2 Å². The quantitative estimate of drug-likeness (QED) is 0.370. The van der Waals surface area contributed by atoms with Gasteiger partial charge in [-0.15, -0.1) is 0 Å². The largest absolute Gasteiger partial charge is 0.383 e. The van der Waals surface area contributed by atoms with E-state index in [1.807, 2.05) is 24.3 Å². The molecular formula is C25H28F2N8O3S. The molecule has 0 unspecified atom stereocenters. The molecule has 0 radical (unpaired) electrons. The molecule has 2 aliphatic rings. The smallest absolute Gasteiger partial charge is 0.328 e. The van der Waals surface area contributed by atoms with Gasteiger partial charge in [0.05, 0.1) is 23.4 Å². The van der Waals surface area contributed by atoms with Gasteiger partial charge in [-0.1, -0.05) is 0 Å². The van der Waals surface area contributed by atoms with Gasteiger partial charge in [0.15, 0.2) is 6.29 Å². The lowest BCUT2D eigenvalue weighted by molar-refractivity contribution is -0.136. The number of nitrogens with one attached hydrogen (secondary N) is 2. The molecule has 2 N–H and O–H groups in total. The van der Waals surface area contributed by atoms with Gasteiger partial charge in [-0.25, -0.2) is 23.5 Å². The molecule has 11 nitrogen and oxygen atoms in total. The normalized spacial score (nSPS) is 16.8. The Bertz CT molecular complexity index is 1320. The van der Waals surface area contributed by atoms with E-state index in [2.05, 4.69) is 20.6 Å². The number of thioether (sulfide) groups is 1. The highest BCUT2D eigenvalue weighted by Crippen LogP contribution is 2.42. The van der Waals surface area contributed by atoms with Crippen LogP contribution in [-0.2, 0) is 17.3 Å². The number of pyridine rings is 2. The van der Waals surface area contributed by atoms with Crippen LogP contribution < -0.4 is 15.5 Å². The number of fused-ring (bicyclic) bond motifs is 1. The van der Waals surface area contributed by atoms with Crippen molar-refractivity contribution in [1.82, 2.24) is 19.8 Å². The van der Waals surface area contributed by atoms with Crippen LogP contribution in [0.5, 0.6) is 0 Å². The maximum Gasteiger partial charge on any atom is 0.328 e. The van der Waals surface area contributed by atoms with Crippen molar-refractivity contribution in [1.29, 1.82) is 5.26 Å². The second kappa shape index (κ2) is 11.9. The molecule has 0 saturated carbocycles. The predicted octanol–water partition coefficient (Wildman–Crippen LogP) is 2.74. The summed E-state index contributed by atoms with van der Waals surface area (Å²) in [5, 5.41) is 15.0. The molecule has 206 valence electrons. The molecule has 1 saturated heterocycles. The minimum atomic E-state index is -3.29. The first-order valence-electron chi connectivity index (χ1n) is 12.2. The number of hydrogen-bond acceptors (Lipinski definition) is 9. The van der Waals surface area contributed by atoms with Gasteiger partial charge in [-0.2, -0.15) is 17.0 Å². The van der Waals surface area contributed by atoms with Crippen molar-refractivity contribution in [3.8, 4) is 6.07 Å². The Labute approximate surface area is 228 Å². The fourth-order valence-electron chi connectivity index (χ4n) is 4.38. The molecular weight excluding hydrogens is 530 g/mol. The van der Waals surface area contributed by atoms with E-state index in [9.17, 15) is 19.6 Å². The summed E-state index contributed by atoms with van der Waals surface area (Å²) in [6, 6.07) is 3.94. The highest BCUT2D eigenvalue weighted by molar-refractivity contribution is 7.98. The van der Waals surface area contributed by atoms with Crippen LogP contribution in [-0.4, -0.2) is 89.8 Å². The third kappa shape index (κ3) is 6.26. The van der Waals surface area contributed by atoms with Crippen LogP contribution in [0.2, 0.25) is 0 Å². The van der Waals surface area contributed by atoms with Gasteiger partial charge >= 0.3 is 6.03 Å². The summed E-state index contributed by atoms with van der Waals surface area (Å²) in [5.41, 5.74) is 0.358. The molecule has 2 aromatic rings. The topological polar surface area (TPSA) is 135 Å². The zero-order valence-corrected chi connectivity index (χ0v) is 22.4.